The topological polar surface area (TPSA) is 88.8 Å². The zero-order valence-electron chi connectivity index (χ0n) is 13.8. The molecular formula is C19H21NO5. The molecule has 25 heavy (non-hydrogen) atoms. The van der Waals surface area contributed by atoms with Gasteiger partial charge in [-0.3, -0.25) is 9.59 Å². The van der Waals surface area contributed by atoms with Gasteiger partial charge in [0.05, 0.1) is 5.92 Å². The molecule has 0 saturated heterocycles. The monoisotopic (exact) mass is 343 g/mol. The number of aliphatic carboxylic acids is 1. The Kier molecular flexibility index (Phi) is 5.38. The van der Waals surface area contributed by atoms with Crippen molar-refractivity contribution in [2.24, 2.45) is 5.92 Å². The Hall–Kier alpha value is -2.76. The largest absolute Gasteiger partial charge is 0.481 e. The van der Waals surface area contributed by atoms with Gasteiger partial charge in [-0.2, -0.15) is 0 Å². The average molecular weight is 343 g/mol. The highest BCUT2D eigenvalue weighted by molar-refractivity contribution is 5.92. The van der Waals surface area contributed by atoms with Crippen LogP contribution in [-0.2, 0) is 4.79 Å². The predicted molar refractivity (Wildman–Crippen MR) is 90.7 cm³/mol. The van der Waals surface area contributed by atoms with Gasteiger partial charge < -0.3 is 19.6 Å². The van der Waals surface area contributed by atoms with Gasteiger partial charge in [-0.05, 0) is 31.0 Å². The molecule has 1 aromatic heterocycles. The fourth-order valence-electron chi connectivity index (χ4n) is 3.12. The van der Waals surface area contributed by atoms with Crippen molar-refractivity contribution in [3.63, 3.8) is 0 Å². The van der Waals surface area contributed by atoms with Crippen LogP contribution in [0.1, 0.15) is 42.7 Å². The summed E-state index contributed by atoms with van der Waals surface area (Å²) in [6, 6.07) is 11.8. The molecule has 1 aromatic carbocycles. The van der Waals surface area contributed by atoms with Crippen LogP contribution in [0.3, 0.4) is 0 Å². The molecule has 2 N–H and O–H groups in total. The third kappa shape index (κ3) is 4.41. The second kappa shape index (κ2) is 7.88. The minimum absolute atomic E-state index is 0.110. The Morgan fingerprint density at radius 2 is 1.80 bits per heavy atom. The molecule has 0 aliphatic heterocycles. The van der Waals surface area contributed by atoms with Crippen molar-refractivity contribution in [2.45, 2.75) is 38.1 Å². The lowest BCUT2D eigenvalue weighted by Gasteiger charge is -2.22. The molecule has 6 nitrogen and oxygen atoms in total. The average Bonchev–Trinajstić information content (AvgIpc) is 2.94. The quantitative estimate of drug-likeness (QED) is 0.805. The standard InChI is InChI=1S/C19H21NO5/c21-18(20-15-10-6-2-5-9-14(15)19(22)23)16-11-12-17(25-16)24-13-7-3-1-4-8-13/h1,3-4,7-8,11-12,14-15H,2,5-6,9-10H2,(H,20,21)(H,22,23)/t14-,15+/m1/s1. The van der Waals surface area contributed by atoms with Gasteiger partial charge in [-0.1, -0.05) is 37.5 Å². The normalized spacial score (nSPS) is 20.5. The Morgan fingerprint density at radius 1 is 1.04 bits per heavy atom. The summed E-state index contributed by atoms with van der Waals surface area (Å²) in [6.07, 6.45) is 4.03. The summed E-state index contributed by atoms with van der Waals surface area (Å²) in [7, 11) is 0. The van der Waals surface area contributed by atoms with Crippen molar-refractivity contribution >= 4 is 11.9 Å². The lowest BCUT2D eigenvalue weighted by atomic mass is 9.95. The van der Waals surface area contributed by atoms with E-state index in [1.807, 2.05) is 18.2 Å². The number of carbonyl (C=O) groups is 2. The fraction of sp³-hybridized carbons (Fsp3) is 0.368. The Morgan fingerprint density at radius 3 is 2.56 bits per heavy atom. The molecule has 0 unspecified atom stereocenters. The van der Waals surface area contributed by atoms with Crippen LogP contribution in [0.25, 0.3) is 0 Å². The molecule has 2 atom stereocenters. The molecule has 0 bridgehead atoms. The van der Waals surface area contributed by atoms with Crippen molar-refractivity contribution in [1.82, 2.24) is 5.32 Å². The highest BCUT2D eigenvalue weighted by Gasteiger charge is 2.31. The van der Waals surface area contributed by atoms with Crippen LogP contribution in [0.15, 0.2) is 46.9 Å². The highest BCUT2D eigenvalue weighted by Crippen LogP contribution is 2.26. The van der Waals surface area contributed by atoms with Crippen LogP contribution >= 0.6 is 0 Å². The zero-order valence-corrected chi connectivity index (χ0v) is 13.8. The Bertz CT molecular complexity index is 724. The molecular weight excluding hydrogens is 322 g/mol. The summed E-state index contributed by atoms with van der Waals surface area (Å²) in [5.74, 6) is -0.896. The first-order valence-corrected chi connectivity index (χ1v) is 8.50. The number of benzene rings is 1. The summed E-state index contributed by atoms with van der Waals surface area (Å²) < 4.78 is 11.0. The van der Waals surface area contributed by atoms with Gasteiger partial charge in [0.15, 0.2) is 5.76 Å². The summed E-state index contributed by atoms with van der Waals surface area (Å²) in [6.45, 7) is 0. The second-order valence-electron chi connectivity index (χ2n) is 6.20. The number of nitrogens with one attached hydrogen (secondary N) is 1. The first kappa shape index (κ1) is 17.1. The van der Waals surface area contributed by atoms with Crippen LogP contribution in [0.5, 0.6) is 11.7 Å². The number of hydrogen-bond donors (Lipinski definition) is 2. The van der Waals surface area contributed by atoms with Crippen molar-refractivity contribution in [3.05, 3.63) is 48.2 Å². The number of rotatable bonds is 5. The van der Waals surface area contributed by atoms with Gasteiger partial charge in [0, 0.05) is 12.1 Å². The van der Waals surface area contributed by atoms with Crippen LogP contribution in [-0.4, -0.2) is 23.0 Å². The summed E-state index contributed by atoms with van der Waals surface area (Å²) in [5.41, 5.74) is 0. The summed E-state index contributed by atoms with van der Waals surface area (Å²) in [5, 5.41) is 12.2. The maximum absolute atomic E-state index is 12.4. The van der Waals surface area contributed by atoms with E-state index < -0.39 is 17.8 Å². The first-order valence-electron chi connectivity index (χ1n) is 8.50. The van der Waals surface area contributed by atoms with Crippen molar-refractivity contribution < 1.29 is 23.8 Å². The second-order valence-corrected chi connectivity index (χ2v) is 6.20. The first-order chi connectivity index (χ1) is 12.1. The van der Waals surface area contributed by atoms with E-state index in [2.05, 4.69) is 5.32 Å². The van der Waals surface area contributed by atoms with Crippen molar-refractivity contribution in [1.29, 1.82) is 0 Å². The van der Waals surface area contributed by atoms with Crippen molar-refractivity contribution in [2.75, 3.05) is 0 Å². The third-order valence-electron chi connectivity index (χ3n) is 4.42. The fourth-order valence-corrected chi connectivity index (χ4v) is 3.12. The zero-order chi connectivity index (χ0) is 17.6. The minimum Gasteiger partial charge on any atom is -0.481 e. The molecule has 1 aliphatic carbocycles. The van der Waals surface area contributed by atoms with Gasteiger partial charge in [-0.25, -0.2) is 0 Å². The van der Waals surface area contributed by atoms with Gasteiger partial charge in [-0.15, -0.1) is 0 Å². The molecule has 1 saturated carbocycles. The van der Waals surface area contributed by atoms with E-state index in [9.17, 15) is 14.7 Å². The van der Waals surface area contributed by atoms with E-state index in [1.54, 1.807) is 18.2 Å². The van der Waals surface area contributed by atoms with Crippen LogP contribution < -0.4 is 10.1 Å². The predicted octanol–water partition coefficient (Wildman–Crippen LogP) is 3.84. The number of carbonyl (C=O) groups excluding carboxylic acids is 1. The number of hydrogen-bond acceptors (Lipinski definition) is 4. The van der Waals surface area contributed by atoms with Gasteiger partial charge >= 0.3 is 5.97 Å². The molecule has 6 heteroatoms. The van der Waals surface area contributed by atoms with E-state index in [0.29, 0.717) is 18.6 Å². The van der Waals surface area contributed by atoms with E-state index in [1.165, 1.54) is 6.07 Å². The Balaban J connectivity index is 1.65. The number of ether oxygens (including phenoxy) is 1. The molecule has 1 fully saturated rings. The van der Waals surface area contributed by atoms with E-state index >= 15 is 0 Å². The van der Waals surface area contributed by atoms with E-state index in [4.69, 9.17) is 9.15 Å². The van der Waals surface area contributed by atoms with Gasteiger partial charge in [0.25, 0.3) is 11.9 Å². The summed E-state index contributed by atoms with van der Waals surface area (Å²) in [4.78, 5) is 23.9. The molecule has 1 amide bonds. The molecule has 0 radical (unpaired) electrons. The number of carboxylic acid groups (broad SMARTS) is 1. The van der Waals surface area contributed by atoms with E-state index in [0.717, 1.165) is 19.3 Å². The third-order valence-corrected chi connectivity index (χ3v) is 4.42. The lowest BCUT2D eigenvalue weighted by molar-refractivity contribution is -0.142. The van der Waals surface area contributed by atoms with E-state index in [-0.39, 0.29) is 17.7 Å². The number of amides is 1. The minimum atomic E-state index is -0.861. The van der Waals surface area contributed by atoms with Crippen LogP contribution in [0.2, 0.25) is 0 Å². The maximum atomic E-state index is 12.4. The number of carboxylic acids is 1. The Labute approximate surface area is 145 Å². The van der Waals surface area contributed by atoms with Gasteiger partial charge in [0.2, 0.25) is 0 Å². The number of para-hydroxylation sites is 1. The van der Waals surface area contributed by atoms with Crippen LogP contribution in [0.4, 0.5) is 0 Å². The molecule has 2 aromatic rings. The van der Waals surface area contributed by atoms with Crippen molar-refractivity contribution in [3.8, 4) is 11.7 Å². The molecule has 3 rings (SSSR count). The number of furan rings is 1. The van der Waals surface area contributed by atoms with Gasteiger partial charge in [0.1, 0.15) is 5.75 Å². The molecule has 0 spiro atoms. The smallest absolute Gasteiger partial charge is 0.308 e. The van der Waals surface area contributed by atoms with Crippen LogP contribution in [0, 0.1) is 5.92 Å². The molecule has 1 heterocycles. The molecule has 1 aliphatic rings. The molecule has 132 valence electrons. The lowest BCUT2D eigenvalue weighted by Crippen LogP contribution is -2.42. The maximum Gasteiger partial charge on any atom is 0.308 e. The highest BCUT2D eigenvalue weighted by atomic mass is 16.6. The summed E-state index contributed by atoms with van der Waals surface area (Å²) >= 11 is 0. The SMILES string of the molecule is O=C(N[C@H]1CCCCC[C@H]1C(=O)O)c1ccc(Oc2ccccc2)o1.